The van der Waals surface area contributed by atoms with Crippen LogP contribution in [0.4, 0.5) is 0 Å². The summed E-state index contributed by atoms with van der Waals surface area (Å²) in [4.78, 5) is 78.7. The number of hydrogen-bond donors (Lipinski definition) is 6. The maximum atomic E-state index is 12.0. The lowest BCUT2D eigenvalue weighted by atomic mass is 10.4. The second-order valence-electron chi connectivity index (χ2n) is 7.46. The number of hydroxylamine groups is 6. The van der Waals surface area contributed by atoms with Gasteiger partial charge in [0, 0.05) is 13.1 Å². The van der Waals surface area contributed by atoms with E-state index in [-0.39, 0.29) is 19.2 Å². The van der Waals surface area contributed by atoms with Crippen LogP contribution in [0.25, 0.3) is 0 Å². The molecule has 4 amide bonds. The third-order valence-electron chi connectivity index (χ3n) is 4.13. The largest absolute Gasteiger partial charge is 0.297 e. The zero-order valence-corrected chi connectivity index (χ0v) is 20.0. The van der Waals surface area contributed by atoms with E-state index in [9.17, 15) is 19.2 Å². The molecule has 0 aromatic rings. The highest BCUT2D eigenvalue weighted by Crippen LogP contribution is 1.97. The van der Waals surface area contributed by atoms with Crippen LogP contribution in [0.5, 0.6) is 0 Å². The quantitative estimate of drug-likeness (QED) is 0.209. The molecule has 1 heterocycles. The van der Waals surface area contributed by atoms with Crippen molar-refractivity contribution in [3.05, 3.63) is 0 Å². The normalized spacial score (nSPS) is 33.0. The van der Waals surface area contributed by atoms with E-state index in [0.717, 1.165) is 0 Å². The molecule has 6 atom stereocenters. The Balaban J connectivity index is 2.69. The number of carbonyl (C=O) groups excluding carboxylic acids is 4. The van der Waals surface area contributed by atoms with Crippen LogP contribution < -0.4 is 32.9 Å². The van der Waals surface area contributed by atoms with Crippen LogP contribution in [0, 0.1) is 0 Å². The van der Waals surface area contributed by atoms with Crippen LogP contribution in [0.3, 0.4) is 0 Å². The molecular formula is C18H34N6O10. The van der Waals surface area contributed by atoms with E-state index in [4.69, 9.17) is 29.0 Å². The number of nitrogens with one attached hydrogen (secondary N) is 6. The van der Waals surface area contributed by atoms with Crippen molar-refractivity contribution in [1.82, 2.24) is 32.9 Å². The van der Waals surface area contributed by atoms with Gasteiger partial charge in [-0.15, -0.1) is 0 Å². The van der Waals surface area contributed by atoms with Crippen molar-refractivity contribution in [3.63, 3.8) is 0 Å². The number of hydrogen-bond acceptors (Lipinski definition) is 12. The Kier molecular flexibility index (Phi) is 13.5. The summed E-state index contributed by atoms with van der Waals surface area (Å²) in [7, 11) is 0. The van der Waals surface area contributed by atoms with Gasteiger partial charge < -0.3 is 0 Å². The lowest BCUT2D eigenvalue weighted by Crippen LogP contribution is -2.47. The lowest BCUT2D eigenvalue weighted by molar-refractivity contribution is -0.171. The molecule has 34 heavy (non-hydrogen) atoms. The molecule has 0 aliphatic carbocycles. The van der Waals surface area contributed by atoms with Gasteiger partial charge in [0.15, 0.2) is 24.4 Å². The van der Waals surface area contributed by atoms with Gasteiger partial charge in [0.2, 0.25) is 0 Å². The van der Waals surface area contributed by atoms with Gasteiger partial charge in [-0.2, -0.15) is 11.0 Å². The molecule has 1 aliphatic heterocycles. The first kappa shape index (κ1) is 29.6. The van der Waals surface area contributed by atoms with E-state index < -0.39 is 54.1 Å². The van der Waals surface area contributed by atoms with Crippen molar-refractivity contribution >= 4 is 23.6 Å². The fourth-order valence-corrected chi connectivity index (χ4v) is 1.83. The standard InChI is InChI=1S/C18H34N6O10/c1-9-7-20-31-11(3)15(25)22-33-13(5)17(27)24-34-14(6)18(28)23-32-12(4)16(26)21-30-10(2)8-19-29-9/h9-14,19-20H,7-8H2,1-6H3,(H,21,26)(H,22,25)(H,23,28)(H,24,27)/t9?,10-,11-,12+,13+,14-/m1/s1. The summed E-state index contributed by atoms with van der Waals surface area (Å²) in [6.07, 6.45) is -5.24. The van der Waals surface area contributed by atoms with Gasteiger partial charge in [-0.05, 0) is 41.5 Å². The second kappa shape index (κ2) is 15.5. The molecule has 1 rings (SSSR count). The Morgan fingerprint density at radius 1 is 0.471 bits per heavy atom. The monoisotopic (exact) mass is 494 g/mol. The van der Waals surface area contributed by atoms with Gasteiger partial charge in [0.25, 0.3) is 23.6 Å². The van der Waals surface area contributed by atoms with Crippen molar-refractivity contribution in [1.29, 1.82) is 0 Å². The predicted molar refractivity (Wildman–Crippen MR) is 112 cm³/mol. The molecule has 16 heteroatoms. The molecule has 0 aromatic carbocycles. The van der Waals surface area contributed by atoms with Gasteiger partial charge >= 0.3 is 0 Å². The van der Waals surface area contributed by atoms with Crippen LogP contribution in [-0.2, 0) is 48.2 Å². The predicted octanol–water partition coefficient (Wildman–Crippen LogP) is -2.44. The molecule has 0 aromatic heterocycles. The zero-order valence-electron chi connectivity index (χ0n) is 20.0. The highest BCUT2D eigenvalue weighted by atomic mass is 16.7. The highest BCUT2D eigenvalue weighted by Gasteiger charge is 2.23. The van der Waals surface area contributed by atoms with Gasteiger partial charge in [0.05, 0.1) is 12.2 Å². The van der Waals surface area contributed by atoms with Crippen LogP contribution in [0.15, 0.2) is 0 Å². The molecule has 0 saturated carbocycles. The molecule has 0 spiro atoms. The van der Waals surface area contributed by atoms with Crippen LogP contribution in [-0.4, -0.2) is 73.3 Å². The van der Waals surface area contributed by atoms with Crippen molar-refractivity contribution in [2.45, 2.75) is 78.2 Å². The molecule has 1 unspecified atom stereocenters. The molecule has 16 nitrogen and oxygen atoms in total. The van der Waals surface area contributed by atoms with Crippen molar-refractivity contribution in [2.24, 2.45) is 0 Å². The Bertz CT molecular complexity index is 680. The maximum absolute atomic E-state index is 12.0. The minimum Gasteiger partial charge on any atom is -0.297 e. The second-order valence-corrected chi connectivity index (χ2v) is 7.46. The first-order valence-electron chi connectivity index (χ1n) is 10.6. The maximum Gasteiger partial charge on any atom is 0.275 e. The van der Waals surface area contributed by atoms with Crippen molar-refractivity contribution in [3.8, 4) is 0 Å². The summed E-state index contributed by atoms with van der Waals surface area (Å²) >= 11 is 0. The van der Waals surface area contributed by atoms with Gasteiger partial charge in [-0.25, -0.2) is 21.9 Å². The van der Waals surface area contributed by atoms with Crippen molar-refractivity contribution in [2.75, 3.05) is 13.1 Å². The fourth-order valence-electron chi connectivity index (χ4n) is 1.83. The SMILES string of the molecule is CC1CNO[C@H](C)C(=O)NO[C@@H](C)C(=O)NO[C@H](C)C(=O)NO[C@@H](C)C(=O)NO[C@H](C)CNO1. The third-order valence-corrected chi connectivity index (χ3v) is 4.13. The van der Waals surface area contributed by atoms with Crippen LogP contribution >= 0.6 is 0 Å². The Morgan fingerprint density at radius 3 is 1.18 bits per heavy atom. The molecule has 1 fully saturated rings. The van der Waals surface area contributed by atoms with E-state index >= 15 is 0 Å². The van der Waals surface area contributed by atoms with E-state index in [1.54, 1.807) is 13.8 Å². The average molecular weight is 495 g/mol. The lowest BCUT2D eigenvalue weighted by Gasteiger charge is -2.20. The van der Waals surface area contributed by atoms with Gasteiger partial charge in [-0.3, -0.25) is 48.2 Å². The number of rotatable bonds is 0. The Hall–Kier alpha value is -2.44. The summed E-state index contributed by atoms with van der Waals surface area (Å²) in [6.45, 7) is 9.39. The van der Waals surface area contributed by atoms with E-state index in [1.165, 1.54) is 27.7 Å². The Labute approximate surface area is 196 Å². The number of amides is 4. The first-order chi connectivity index (χ1) is 16.0. The van der Waals surface area contributed by atoms with E-state index in [1.807, 2.05) is 11.0 Å². The number of carbonyl (C=O) groups is 4. The summed E-state index contributed by atoms with van der Waals surface area (Å²) < 4.78 is 0. The van der Waals surface area contributed by atoms with E-state index in [2.05, 4.69) is 21.9 Å². The van der Waals surface area contributed by atoms with Gasteiger partial charge in [-0.1, -0.05) is 0 Å². The summed E-state index contributed by atoms with van der Waals surface area (Å²) in [5.41, 5.74) is 13.7. The summed E-state index contributed by atoms with van der Waals surface area (Å²) in [5.74, 6) is -2.86. The Morgan fingerprint density at radius 2 is 0.765 bits per heavy atom. The first-order valence-corrected chi connectivity index (χ1v) is 10.6. The minimum atomic E-state index is -1.18. The fraction of sp³-hybridized carbons (Fsp3) is 0.778. The highest BCUT2D eigenvalue weighted by molar-refractivity contribution is 5.83. The molecule has 0 radical (unpaired) electrons. The van der Waals surface area contributed by atoms with Crippen LogP contribution in [0.2, 0.25) is 0 Å². The van der Waals surface area contributed by atoms with E-state index in [0.29, 0.717) is 0 Å². The van der Waals surface area contributed by atoms with Crippen LogP contribution in [0.1, 0.15) is 41.5 Å². The summed E-state index contributed by atoms with van der Waals surface area (Å²) in [5, 5.41) is 0. The average Bonchev–Trinajstić information content (AvgIpc) is 2.81. The minimum absolute atomic E-state index is 0.229. The third kappa shape index (κ3) is 11.6. The summed E-state index contributed by atoms with van der Waals surface area (Å²) in [6, 6.07) is 0. The molecule has 1 aliphatic rings. The zero-order chi connectivity index (χ0) is 25.7. The van der Waals surface area contributed by atoms with Gasteiger partial charge in [0.1, 0.15) is 0 Å². The molecule has 1 saturated heterocycles. The van der Waals surface area contributed by atoms with Crippen molar-refractivity contribution < 1.29 is 48.2 Å². The topological polar surface area (TPSA) is 196 Å². The molecule has 0 bridgehead atoms. The molecular weight excluding hydrogens is 460 g/mol. The molecule has 6 N–H and O–H groups in total. The smallest absolute Gasteiger partial charge is 0.275 e. The molecule has 196 valence electrons.